The third-order valence-corrected chi connectivity index (χ3v) is 8.81. The van der Waals surface area contributed by atoms with Crippen LogP contribution in [-0.2, 0) is 9.47 Å². The van der Waals surface area contributed by atoms with Gasteiger partial charge in [-0.1, -0.05) is 42.5 Å². The number of carbonyl (C=O) groups is 2. The molecule has 1 aliphatic heterocycles. The fourth-order valence-electron chi connectivity index (χ4n) is 6.23. The van der Waals surface area contributed by atoms with Gasteiger partial charge in [-0.2, -0.15) is 0 Å². The molecular formula is C40H46N2O10. The van der Waals surface area contributed by atoms with Gasteiger partial charge in [-0.25, -0.2) is 9.59 Å². The highest BCUT2D eigenvalue weighted by atomic mass is 16.5. The predicted molar refractivity (Wildman–Crippen MR) is 197 cm³/mol. The van der Waals surface area contributed by atoms with Crippen LogP contribution in [0.4, 0.5) is 0 Å². The van der Waals surface area contributed by atoms with Gasteiger partial charge in [-0.15, -0.1) is 0 Å². The van der Waals surface area contributed by atoms with Gasteiger partial charge in [0.1, 0.15) is 5.82 Å². The van der Waals surface area contributed by atoms with Crippen molar-refractivity contribution in [2.45, 2.75) is 12.8 Å². The quantitative estimate of drug-likeness (QED) is 0.0903. The Morgan fingerprint density at radius 1 is 0.596 bits per heavy atom. The van der Waals surface area contributed by atoms with E-state index in [4.69, 9.17) is 37.9 Å². The summed E-state index contributed by atoms with van der Waals surface area (Å²) >= 11 is 0. The molecule has 12 nitrogen and oxygen atoms in total. The van der Waals surface area contributed by atoms with Crippen LogP contribution in [0.15, 0.2) is 72.6 Å². The minimum atomic E-state index is -0.477. The van der Waals surface area contributed by atoms with E-state index < -0.39 is 11.9 Å². The molecule has 0 spiro atoms. The summed E-state index contributed by atoms with van der Waals surface area (Å²) in [7, 11) is 9.02. The molecule has 0 aliphatic carbocycles. The molecule has 52 heavy (non-hydrogen) atoms. The standard InChI is InChI=1S/C40H46N2O10/c1-45-32-22-29(23-33(46-2)37(32)49-5)39(43)51-20-10-16-41-18-19-42(36(41)26-28-14-9-13-27-12-7-8-15-31(27)28)17-11-21-52-40(44)30-24-34(47-3)38(50-6)35(25-30)48-4/h7-9,12-15,22-26H,10-11,16-21H2,1-6H3. The number of hydrogen-bond donors (Lipinski definition) is 0. The highest BCUT2D eigenvalue weighted by Crippen LogP contribution is 2.39. The second-order valence-electron chi connectivity index (χ2n) is 11.9. The average Bonchev–Trinajstić information content (AvgIpc) is 3.56. The molecule has 0 aromatic heterocycles. The normalized spacial score (nSPS) is 12.4. The number of fused-ring (bicyclic) bond motifs is 1. The first-order chi connectivity index (χ1) is 25.3. The third kappa shape index (κ3) is 8.56. The van der Waals surface area contributed by atoms with Gasteiger partial charge in [0.2, 0.25) is 11.5 Å². The maximum atomic E-state index is 13.0. The Labute approximate surface area is 304 Å². The number of rotatable bonds is 17. The van der Waals surface area contributed by atoms with Crippen molar-refractivity contribution < 1.29 is 47.5 Å². The molecule has 0 bridgehead atoms. The number of esters is 2. The van der Waals surface area contributed by atoms with Crippen molar-refractivity contribution in [2.75, 3.05) is 82.1 Å². The second kappa shape index (κ2) is 17.9. The molecule has 0 saturated carbocycles. The average molecular weight is 715 g/mol. The van der Waals surface area contributed by atoms with Crippen molar-refractivity contribution in [1.82, 2.24) is 9.80 Å². The van der Waals surface area contributed by atoms with Gasteiger partial charge in [-0.3, -0.25) is 0 Å². The Kier molecular flexibility index (Phi) is 12.9. The number of nitrogens with zero attached hydrogens (tertiary/aromatic N) is 2. The van der Waals surface area contributed by atoms with Crippen molar-refractivity contribution >= 4 is 28.8 Å². The lowest BCUT2D eigenvalue weighted by Crippen LogP contribution is -2.26. The Morgan fingerprint density at radius 2 is 1.04 bits per heavy atom. The topological polar surface area (TPSA) is 114 Å². The first-order valence-electron chi connectivity index (χ1n) is 17.0. The summed E-state index contributed by atoms with van der Waals surface area (Å²) in [6.07, 6.45) is 3.44. The van der Waals surface area contributed by atoms with Crippen LogP contribution in [0, 0.1) is 0 Å². The van der Waals surface area contributed by atoms with Crippen LogP contribution in [0.3, 0.4) is 0 Å². The van der Waals surface area contributed by atoms with E-state index in [0.29, 0.717) is 71.6 Å². The maximum absolute atomic E-state index is 13.0. The molecule has 1 aliphatic rings. The summed E-state index contributed by atoms with van der Waals surface area (Å²) in [5.74, 6) is 2.43. The van der Waals surface area contributed by atoms with Crippen LogP contribution >= 0.6 is 0 Å². The second-order valence-corrected chi connectivity index (χ2v) is 11.9. The largest absolute Gasteiger partial charge is 0.493 e. The van der Waals surface area contributed by atoms with Crippen LogP contribution < -0.4 is 28.4 Å². The Balaban J connectivity index is 1.24. The number of ether oxygens (including phenoxy) is 8. The van der Waals surface area contributed by atoms with Gasteiger partial charge < -0.3 is 47.7 Å². The van der Waals surface area contributed by atoms with Crippen molar-refractivity contribution in [2.24, 2.45) is 0 Å². The first-order valence-corrected chi connectivity index (χ1v) is 17.0. The predicted octanol–water partition coefficient (Wildman–Crippen LogP) is 6.30. The third-order valence-electron chi connectivity index (χ3n) is 8.81. The monoisotopic (exact) mass is 714 g/mol. The van der Waals surface area contributed by atoms with Crippen molar-refractivity contribution in [1.29, 1.82) is 0 Å². The summed E-state index contributed by atoms with van der Waals surface area (Å²) in [5.41, 5.74) is 1.72. The highest BCUT2D eigenvalue weighted by Gasteiger charge is 2.25. The molecule has 1 saturated heterocycles. The summed E-state index contributed by atoms with van der Waals surface area (Å²) < 4.78 is 43.6. The van der Waals surface area contributed by atoms with Crippen molar-refractivity contribution in [3.05, 3.63) is 89.2 Å². The molecule has 4 aromatic carbocycles. The van der Waals surface area contributed by atoms with Crippen LogP contribution in [0.25, 0.3) is 16.8 Å². The molecule has 0 atom stereocenters. The van der Waals surface area contributed by atoms with E-state index in [2.05, 4.69) is 46.2 Å². The lowest BCUT2D eigenvalue weighted by atomic mass is 10.0. The molecule has 1 heterocycles. The molecule has 0 amide bonds. The van der Waals surface area contributed by atoms with E-state index in [9.17, 15) is 9.59 Å². The lowest BCUT2D eigenvalue weighted by Gasteiger charge is -2.25. The molecule has 0 radical (unpaired) electrons. The number of methoxy groups -OCH3 is 6. The highest BCUT2D eigenvalue weighted by molar-refractivity contribution is 5.92. The van der Waals surface area contributed by atoms with E-state index in [0.717, 1.165) is 35.2 Å². The zero-order valence-corrected chi connectivity index (χ0v) is 30.6. The number of hydrogen-bond acceptors (Lipinski definition) is 12. The molecule has 276 valence electrons. The SMILES string of the molecule is COc1cc(C(=O)OCCCN2CCN(CCCOC(=O)c3cc(OC)c(OC)c(OC)c3)C2=Cc2cccc3ccccc23)cc(OC)c1OC. The summed E-state index contributed by atoms with van der Waals surface area (Å²) in [6, 6.07) is 20.9. The molecule has 0 N–H and O–H groups in total. The minimum Gasteiger partial charge on any atom is -0.493 e. The molecule has 4 aromatic rings. The molecular weight excluding hydrogens is 668 g/mol. The van der Waals surface area contributed by atoms with Gasteiger partial charge in [0.25, 0.3) is 0 Å². The lowest BCUT2D eigenvalue weighted by molar-refractivity contribution is 0.0486. The van der Waals surface area contributed by atoms with Crippen LogP contribution in [0.2, 0.25) is 0 Å². The molecule has 1 fully saturated rings. The van der Waals surface area contributed by atoms with E-state index in [1.165, 1.54) is 42.7 Å². The summed E-state index contributed by atoms with van der Waals surface area (Å²) in [5, 5.41) is 2.31. The van der Waals surface area contributed by atoms with Gasteiger partial charge >= 0.3 is 11.9 Å². The Bertz CT molecular complexity index is 1740. The van der Waals surface area contributed by atoms with Gasteiger partial charge in [-0.05, 0) is 59.5 Å². The molecule has 0 unspecified atom stereocenters. The minimum absolute atomic E-state index is 0.227. The molecule has 5 rings (SSSR count). The zero-order chi connectivity index (χ0) is 37.0. The van der Waals surface area contributed by atoms with Crippen LogP contribution in [0.1, 0.15) is 39.1 Å². The first kappa shape index (κ1) is 37.5. The molecule has 12 heteroatoms. The zero-order valence-electron chi connectivity index (χ0n) is 30.6. The summed E-state index contributed by atoms with van der Waals surface area (Å²) in [6.45, 7) is 3.39. The van der Waals surface area contributed by atoms with Crippen LogP contribution in [-0.4, -0.2) is 104 Å². The smallest absolute Gasteiger partial charge is 0.338 e. The fourth-order valence-corrected chi connectivity index (χ4v) is 6.23. The Morgan fingerprint density at radius 3 is 1.48 bits per heavy atom. The maximum Gasteiger partial charge on any atom is 0.338 e. The number of benzene rings is 4. The summed E-state index contributed by atoms with van der Waals surface area (Å²) in [4.78, 5) is 30.6. The van der Waals surface area contributed by atoms with Gasteiger partial charge in [0.15, 0.2) is 23.0 Å². The van der Waals surface area contributed by atoms with Gasteiger partial charge in [0.05, 0.1) is 67.0 Å². The fraction of sp³-hybridized carbons (Fsp3) is 0.350. The van der Waals surface area contributed by atoms with Crippen LogP contribution in [0.5, 0.6) is 34.5 Å². The number of carbonyl (C=O) groups excluding carboxylic acids is 2. The van der Waals surface area contributed by atoms with Gasteiger partial charge in [0, 0.05) is 26.2 Å². The van der Waals surface area contributed by atoms with Crippen molar-refractivity contribution in [3.63, 3.8) is 0 Å². The van der Waals surface area contributed by atoms with Crippen molar-refractivity contribution in [3.8, 4) is 34.5 Å². The van der Waals surface area contributed by atoms with E-state index >= 15 is 0 Å². The van der Waals surface area contributed by atoms with E-state index in [1.54, 1.807) is 24.3 Å². The van der Waals surface area contributed by atoms with E-state index in [1.807, 2.05) is 12.1 Å². The Hall–Kier alpha value is -5.78. The van der Waals surface area contributed by atoms with E-state index in [-0.39, 0.29) is 13.2 Å².